The number of halogens is 2. The topological polar surface area (TPSA) is 66.3 Å². The van der Waals surface area contributed by atoms with Gasteiger partial charge in [0.05, 0.1) is 5.41 Å². The molecule has 132 valence electrons. The van der Waals surface area contributed by atoms with Crippen LogP contribution in [0.5, 0.6) is 0 Å². The van der Waals surface area contributed by atoms with Crippen LogP contribution in [0, 0.1) is 24.0 Å². The molecule has 0 radical (unpaired) electrons. The fraction of sp³-hybridized carbons (Fsp3) is 0.389. The fourth-order valence-electron chi connectivity index (χ4n) is 3.37. The monoisotopic (exact) mass is 347 g/mol. The molecule has 0 bridgehead atoms. The van der Waals surface area contributed by atoms with Gasteiger partial charge in [0.15, 0.2) is 0 Å². The maximum Gasteiger partial charge on any atom is 0.311 e. The van der Waals surface area contributed by atoms with Gasteiger partial charge < -0.3 is 10.0 Å². The number of aromatic nitrogens is 2. The summed E-state index contributed by atoms with van der Waals surface area (Å²) in [7, 11) is 0. The van der Waals surface area contributed by atoms with Crippen molar-refractivity contribution in [2.45, 2.75) is 26.2 Å². The Morgan fingerprint density at radius 3 is 2.84 bits per heavy atom. The first kappa shape index (κ1) is 17.3. The highest BCUT2D eigenvalue weighted by molar-refractivity contribution is 5.76. The van der Waals surface area contributed by atoms with E-state index in [1.807, 2.05) is 4.90 Å². The summed E-state index contributed by atoms with van der Waals surface area (Å²) in [6.07, 6.45) is 2.72. The zero-order valence-corrected chi connectivity index (χ0v) is 13.9. The summed E-state index contributed by atoms with van der Waals surface area (Å²) in [4.78, 5) is 22.4. The quantitative estimate of drug-likeness (QED) is 0.921. The highest BCUT2D eigenvalue weighted by Gasteiger charge is 2.43. The third kappa shape index (κ3) is 3.60. The molecule has 1 aliphatic heterocycles. The van der Waals surface area contributed by atoms with Gasteiger partial charge in [-0.1, -0.05) is 6.07 Å². The van der Waals surface area contributed by atoms with Gasteiger partial charge in [0.2, 0.25) is 0 Å². The van der Waals surface area contributed by atoms with Crippen molar-refractivity contribution in [2.24, 2.45) is 5.41 Å². The van der Waals surface area contributed by atoms with E-state index in [-0.39, 0.29) is 18.5 Å². The van der Waals surface area contributed by atoms with E-state index in [4.69, 9.17) is 0 Å². The van der Waals surface area contributed by atoms with E-state index < -0.39 is 23.0 Å². The zero-order chi connectivity index (χ0) is 18.0. The van der Waals surface area contributed by atoms with Gasteiger partial charge >= 0.3 is 5.97 Å². The minimum atomic E-state index is -1.14. The maximum atomic E-state index is 14.0. The minimum Gasteiger partial charge on any atom is -0.481 e. The van der Waals surface area contributed by atoms with Gasteiger partial charge in [0.25, 0.3) is 0 Å². The number of carbonyl (C=O) groups is 1. The van der Waals surface area contributed by atoms with Crippen molar-refractivity contribution in [3.8, 4) is 0 Å². The van der Waals surface area contributed by atoms with Crippen molar-refractivity contribution in [3.63, 3.8) is 0 Å². The van der Waals surface area contributed by atoms with Gasteiger partial charge in [-0.15, -0.1) is 0 Å². The molecule has 7 heteroatoms. The Balaban J connectivity index is 1.90. The molecule has 1 fully saturated rings. The lowest BCUT2D eigenvalue weighted by Crippen LogP contribution is -2.49. The number of rotatable bonds is 4. The van der Waals surface area contributed by atoms with E-state index in [9.17, 15) is 18.7 Å². The Labute approximate surface area is 144 Å². The summed E-state index contributed by atoms with van der Waals surface area (Å²) in [6, 6.07) is 5.01. The first-order valence-electron chi connectivity index (χ1n) is 8.12. The number of carboxylic acid groups (broad SMARTS) is 1. The summed E-state index contributed by atoms with van der Waals surface area (Å²) in [5, 5.41) is 9.86. The second kappa shape index (κ2) is 6.74. The van der Waals surface area contributed by atoms with E-state index in [2.05, 4.69) is 9.97 Å². The standard InChI is InChI=1S/C18H19F2N3O2/c1-12-21-7-5-16(22-12)23-8-2-6-18(11-23,17(24)25)10-13-3-4-14(19)9-15(13)20/h3-5,7,9H,2,6,8,10-11H2,1H3,(H,24,25)/t18-/m1/s1. The second-order valence-corrected chi connectivity index (χ2v) is 6.49. The average molecular weight is 347 g/mol. The molecule has 5 nitrogen and oxygen atoms in total. The van der Waals surface area contributed by atoms with Crippen LogP contribution in [0.15, 0.2) is 30.5 Å². The van der Waals surface area contributed by atoms with Crippen molar-refractivity contribution in [1.82, 2.24) is 9.97 Å². The molecule has 1 aromatic carbocycles. The third-order valence-corrected chi connectivity index (χ3v) is 4.66. The van der Waals surface area contributed by atoms with E-state index in [0.29, 0.717) is 31.0 Å². The molecule has 1 N–H and O–H groups in total. The van der Waals surface area contributed by atoms with Crippen LogP contribution < -0.4 is 4.90 Å². The van der Waals surface area contributed by atoms with Crippen LogP contribution in [-0.2, 0) is 11.2 Å². The van der Waals surface area contributed by atoms with Crippen LogP contribution in [0.2, 0.25) is 0 Å². The van der Waals surface area contributed by atoms with Crippen molar-refractivity contribution in [3.05, 3.63) is 53.5 Å². The van der Waals surface area contributed by atoms with Gasteiger partial charge in [-0.3, -0.25) is 4.79 Å². The SMILES string of the molecule is Cc1nccc(N2CCC[C@](Cc3ccc(F)cc3F)(C(=O)O)C2)n1. The molecule has 0 amide bonds. The van der Waals surface area contributed by atoms with Crippen LogP contribution in [0.3, 0.4) is 0 Å². The molecular formula is C18H19F2N3O2. The Hall–Kier alpha value is -2.57. The number of aliphatic carboxylic acids is 1. The number of piperidine rings is 1. The zero-order valence-electron chi connectivity index (χ0n) is 13.9. The number of nitrogens with zero attached hydrogens (tertiary/aromatic N) is 3. The Morgan fingerprint density at radius 2 is 2.16 bits per heavy atom. The molecule has 2 aromatic rings. The number of benzene rings is 1. The summed E-state index contributed by atoms with van der Waals surface area (Å²) in [5.74, 6) is -1.10. The predicted octanol–water partition coefficient (Wildman–Crippen LogP) is 2.98. The van der Waals surface area contributed by atoms with Crippen LogP contribution >= 0.6 is 0 Å². The molecule has 0 unspecified atom stereocenters. The lowest BCUT2D eigenvalue weighted by Gasteiger charge is -2.40. The summed E-state index contributed by atoms with van der Waals surface area (Å²) in [6.45, 7) is 2.67. The molecule has 2 heterocycles. The molecule has 0 aliphatic carbocycles. The van der Waals surface area contributed by atoms with Gasteiger partial charge in [0, 0.05) is 25.4 Å². The predicted molar refractivity (Wildman–Crippen MR) is 88.3 cm³/mol. The highest BCUT2D eigenvalue weighted by atomic mass is 19.1. The molecule has 0 saturated carbocycles. The Morgan fingerprint density at radius 1 is 1.36 bits per heavy atom. The van der Waals surface area contributed by atoms with Gasteiger partial charge in [-0.25, -0.2) is 18.7 Å². The fourth-order valence-corrected chi connectivity index (χ4v) is 3.37. The van der Waals surface area contributed by atoms with Gasteiger partial charge in [-0.05, 0) is 43.9 Å². The average Bonchev–Trinajstić information content (AvgIpc) is 2.57. The minimum absolute atomic E-state index is 0.00894. The highest BCUT2D eigenvalue weighted by Crippen LogP contribution is 2.36. The molecule has 0 spiro atoms. The normalized spacial score (nSPS) is 20.5. The molecular weight excluding hydrogens is 328 g/mol. The Kier molecular flexibility index (Phi) is 4.65. The third-order valence-electron chi connectivity index (χ3n) is 4.66. The van der Waals surface area contributed by atoms with Gasteiger partial charge in [-0.2, -0.15) is 0 Å². The maximum absolute atomic E-state index is 14.0. The van der Waals surface area contributed by atoms with E-state index in [1.165, 1.54) is 6.07 Å². The molecule has 1 aliphatic rings. The van der Waals surface area contributed by atoms with Crippen LogP contribution in [0.25, 0.3) is 0 Å². The van der Waals surface area contributed by atoms with E-state index in [0.717, 1.165) is 12.1 Å². The van der Waals surface area contributed by atoms with Crippen molar-refractivity contribution in [2.75, 3.05) is 18.0 Å². The second-order valence-electron chi connectivity index (χ2n) is 6.49. The summed E-state index contributed by atoms with van der Waals surface area (Å²) >= 11 is 0. The molecule has 1 aromatic heterocycles. The number of hydrogen-bond acceptors (Lipinski definition) is 4. The van der Waals surface area contributed by atoms with Crippen molar-refractivity contribution < 1.29 is 18.7 Å². The van der Waals surface area contributed by atoms with Crippen LogP contribution in [0.1, 0.15) is 24.2 Å². The van der Waals surface area contributed by atoms with E-state index in [1.54, 1.807) is 19.2 Å². The number of aryl methyl sites for hydroxylation is 1. The van der Waals surface area contributed by atoms with Crippen LogP contribution in [-0.4, -0.2) is 34.1 Å². The molecule has 1 atom stereocenters. The summed E-state index contributed by atoms with van der Waals surface area (Å²) < 4.78 is 27.2. The number of anilines is 1. The van der Waals surface area contributed by atoms with E-state index >= 15 is 0 Å². The molecule has 3 rings (SSSR count). The summed E-state index contributed by atoms with van der Waals surface area (Å²) in [5.41, 5.74) is -0.931. The number of carboxylic acids is 1. The van der Waals surface area contributed by atoms with Gasteiger partial charge in [0.1, 0.15) is 23.3 Å². The molecule has 1 saturated heterocycles. The smallest absolute Gasteiger partial charge is 0.311 e. The lowest BCUT2D eigenvalue weighted by atomic mass is 9.75. The molecule has 25 heavy (non-hydrogen) atoms. The Bertz CT molecular complexity index is 800. The largest absolute Gasteiger partial charge is 0.481 e. The van der Waals surface area contributed by atoms with Crippen molar-refractivity contribution in [1.29, 1.82) is 0 Å². The number of hydrogen-bond donors (Lipinski definition) is 1. The lowest BCUT2D eigenvalue weighted by molar-refractivity contribution is -0.149. The first-order valence-corrected chi connectivity index (χ1v) is 8.12. The van der Waals surface area contributed by atoms with Crippen molar-refractivity contribution >= 4 is 11.8 Å². The first-order chi connectivity index (χ1) is 11.9. The van der Waals surface area contributed by atoms with Crippen LogP contribution in [0.4, 0.5) is 14.6 Å².